The average molecular weight is 291 g/mol. The van der Waals surface area contributed by atoms with Gasteiger partial charge in [0.05, 0.1) is 5.54 Å². The maximum Gasteiger partial charge on any atom is 0.237 e. The molecule has 4 heteroatoms. The van der Waals surface area contributed by atoms with E-state index < -0.39 is 5.54 Å². The molecular formula is C17H29N3O. The monoisotopic (exact) mass is 291 g/mol. The number of benzene rings is 1. The molecule has 118 valence electrons. The molecule has 21 heavy (non-hydrogen) atoms. The molecule has 1 unspecified atom stereocenters. The third-order valence-electron chi connectivity index (χ3n) is 3.92. The van der Waals surface area contributed by atoms with Crippen LogP contribution in [0, 0.1) is 0 Å². The van der Waals surface area contributed by atoms with Crippen LogP contribution < -0.4 is 16.0 Å². The molecule has 1 amide bonds. The van der Waals surface area contributed by atoms with Gasteiger partial charge in [0.2, 0.25) is 5.91 Å². The highest BCUT2D eigenvalue weighted by molar-refractivity contribution is 5.84. The maximum absolute atomic E-state index is 11.7. The Kier molecular flexibility index (Phi) is 7.23. The molecule has 0 bridgehead atoms. The number of nitrogens with zero attached hydrogens (tertiary/aromatic N) is 1. The standard InChI is InChI=1S/C17H29N3O/c1-4-13-19-17(3,16(18)21)12-9-14-20(5-2)15-10-7-6-8-11-15/h6-8,10-11,19H,4-5,9,12-14H2,1-3H3,(H2,18,21). The van der Waals surface area contributed by atoms with Crippen LogP contribution in [0.1, 0.15) is 40.0 Å². The zero-order chi connectivity index (χ0) is 15.7. The number of hydrogen-bond donors (Lipinski definition) is 2. The van der Waals surface area contributed by atoms with Crippen molar-refractivity contribution in [3.8, 4) is 0 Å². The molecule has 0 aromatic heterocycles. The molecule has 0 aliphatic carbocycles. The summed E-state index contributed by atoms with van der Waals surface area (Å²) in [6.07, 6.45) is 2.68. The van der Waals surface area contributed by atoms with Gasteiger partial charge in [0, 0.05) is 18.8 Å². The van der Waals surface area contributed by atoms with E-state index in [-0.39, 0.29) is 5.91 Å². The van der Waals surface area contributed by atoms with Crippen LogP contribution in [0.3, 0.4) is 0 Å². The summed E-state index contributed by atoms with van der Waals surface area (Å²) in [6.45, 7) is 8.84. The molecule has 0 aliphatic rings. The molecule has 1 aromatic rings. The van der Waals surface area contributed by atoms with Crippen LogP contribution in [0.5, 0.6) is 0 Å². The number of primary amides is 1. The number of rotatable bonds is 10. The van der Waals surface area contributed by atoms with E-state index in [2.05, 4.69) is 36.2 Å². The highest BCUT2D eigenvalue weighted by atomic mass is 16.1. The number of nitrogens with one attached hydrogen (secondary N) is 1. The second kappa shape index (κ2) is 8.67. The minimum absolute atomic E-state index is 0.265. The van der Waals surface area contributed by atoms with Crippen LogP contribution in [0.2, 0.25) is 0 Å². The lowest BCUT2D eigenvalue weighted by atomic mass is 9.94. The fourth-order valence-electron chi connectivity index (χ4n) is 2.43. The first-order valence-corrected chi connectivity index (χ1v) is 7.88. The van der Waals surface area contributed by atoms with E-state index in [9.17, 15) is 4.79 Å². The summed E-state index contributed by atoms with van der Waals surface area (Å²) < 4.78 is 0. The third kappa shape index (κ3) is 5.38. The Morgan fingerprint density at radius 2 is 1.95 bits per heavy atom. The van der Waals surface area contributed by atoms with Gasteiger partial charge < -0.3 is 16.0 Å². The van der Waals surface area contributed by atoms with Crippen molar-refractivity contribution in [1.82, 2.24) is 5.32 Å². The Labute approximate surface area is 128 Å². The normalized spacial score (nSPS) is 13.7. The van der Waals surface area contributed by atoms with Gasteiger partial charge >= 0.3 is 0 Å². The lowest BCUT2D eigenvalue weighted by molar-refractivity contribution is -0.124. The Morgan fingerprint density at radius 1 is 1.29 bits per heavy atom. The second-order valence-corrected chi connectivity index (χ2v) is 5.64. The van der Waals surface area contributed by atoms with Crippen molar-refractivity contribution in [2.75, 3.05) is 24.5 Å². The number of para-hydroxylation sites is 1. The van der Waals surface area contributed by atoms with E-state index in [4.69, 9.17) is 5.73 Å². The zero-order valence-corrected chi connectivity index (χ0v) is 13.6. The minimum Gasteiger partial charge on any atom is -0.372 e. The van der Waals surface area contributed by atoms with E-state index in [1.54, 1.807) is 0 Å². The van der Waals surface area contributed by atoms with Gasteiger partial charge in [-0.05, 0) is 51.8 Å². The Balaban J connectivity index is 2.54. The molecule has 4 nitrogen and oxygen atoms in total. The van der Waals surface area contributed by atoms with Gasteiger partial charge in [0.25, 0.3) is 0 Å². The van der Waals surface area contributed by atoms with Crippen molar-refractivity contribution < 1.29 is 4.79 Å². The van der Waals surface area contributed by atoms with Gasteiger partial charge in [0.1, 0.15) is 0 Å². The van der Waals surface area contributed by atoms with Crippen molar-refractivity contribution >= 4 is 11.6 Å². The molecule has 1 atom stereocenters. The Morgan fingerprint density at radius 3 is 2.48 bits per heavy atom. The summed E-state index contributed by atoms with van der Waals surface area (Å²) in [5.41, 5.74) is 6.18. The van der Waals surface area contributed by atoms with E-state index >= 15 is 0 Å². The number of carbonyl (C=O) groups excluding carboxylic acids is 1. The summed E-state index contributed by atoms with van der Waals surface area (Å²) in [5, 5.41) is 3.28. The predicted octanol–water partition coefficient (Wildman–Crippen LogP) is 2.54. The lowest BCUT2D eigenvalue weighted by Crippen LogP contribution is -2.53. The summed E-state index contributed by atoms with van der Waals surface area (Å²) in [5.74, 6) is -0.265. The maximum atomic E-state index is 11.7. The largest absolute Gasteiger partial charge is 0.372 e. The number of anilines is 1. The average Bonchev–Trinajstić information content (AvgIpc) is 2.50. The number of hydrogen-bond acceptors (Lipinski definition) is 3. The highest BCUT2D eigenvalue weighted by Gasteiger charge is 2.29. The van der Waals surface area contributed by atoms with E-state index in [0.29, 0.717) is 0 Å². The molecule has 0 aliphatic heterocycles. The molecule has 0 radical (unpaired) electrons. The van der Waals surface area contributed by atoms with Crippen LogP contribution in [0.4, 0.5) is 5.69 Å². The first-order chi connectivity index (χ1) is 10.0. The summed E-state index contributed by atoms with van der Waals surface area (Å²) >= 11 is 0. The van der Waals surface area contributed by atoms with Crippen molar-refractivity contribution in [3.05, 3.63) is 30.3 Å². The Bertz CT molecular complexity index is 421. The highest BCUT2D eigenvalue weighted by Crippen LogP contribution is 2.17. The van der Waals surface area contributed by atoms with Crippen LogP contribution in [0.25, 0.3) is 0 Å². The second-order valence-electron chi connectivity index (χ2n) is 5.64. The van der Waals surface area contributed by atoms with E-state index in [0.717, 1.165) is 38.9 Å². The van der Waals surface area contributed by atoms with Crippen molar-refractivity contribution in [1.29, 1.82) is 0 Å². The molecule has 0 saturated carbocycles. The third-order valence-corrected chi connectivity index (χ3v) is 3.92. The number of amides is 1. The predicted molar refractivity (Wildman–Crippen MR) is 89.5 cm³/mol. The van der Waals surface area contributed by atoms with Gasteiger partial charge in [-0.15, -0.1) is 0 Å². The number of carbonyl (C=O) groups is 1. The topological polar surface area (TPSA) is 58.4 Å². The van der Waals surface area contributed by atoms with Crippen LogP contribution in [-0.2, 0) is 4.79 Å². The Hall–Kier alpha value is -1.55. The van der Waals surface area contributed by atoms with Gasteiger partial charge in [-0.3, -0.25) is 4.79 Å². The molecule has 0 saturated heterocycles. The first kappa shape index (κ1) is 17.5. The quantitative estimate of drug-likeness (QED) is 0.696. The zero-order valence-electron chi connectivity index (χ0n) is 13.6. The van der Waals surface area contributed by atoms with Gasteiger partial charge in [-0.25, -0.2) is 0 Å². The van der Waals surface area contributed by atoms with Crippen molar-refractivity contribution in [2.24, 2.45) is 5.73 Å². The van der Waals surface area contributed by atoms with Crippen molar-refractivity contribution in [2.45, 2.75) is 45.6 Å². The minimum atomic E-state index is -0.605. The SMILES string of the molecule is CCCNC(C)(CCCN(CC)c1ccccc1)C(N)=O. The van der Waals surface area contributed by atoms with Gasteiger partial charge in [-0.1, -0.05) is 25.1 Å². The van der Waals surface area contributed by atoms with Crippen LogP contribution >= 0.6 is 0 Å². The molecule has 3 N–H and O–H groups in total. The van der Waals surface area contributed by atoms with E-state index in [1.165, 1.54) is 5.69 Å². The molecular weight excluding hydrogens is 262 g/mol. The van der Waals surface area contributed by atoms with Crippen molar-refractivity contribution in [3.63, 3.8) is 0 Å². The molecule has 1 rings (SSSR count). The molecule has 0 heterocycles. The fraction of sp³-hybridized carbons (Fsp3) is 0.588. The smallest absolute Gasteiger partial charge is 0.237 e. The van der Waals surface area contributed by atoms with E-state index in [1.807, 2.05) is 25.1 Å². The molecule has 1 aromatic carbocycles. The summed E-state index contributed by atoms with van der Waals surface area (Å²) in [4.78, 5) is 14.0. The number of nitrogens with two attached hydrogens (primary N) is 1. The lowest BCUT2D eigenvalue weighted by Gasteiger charge is -2.29. The van der Waals surface area contributed by atoms with Gasteiger partial charge in [-0.2, -0.15) is 0 Å². The molecule has 0 fully saturated rings. The fourth-order valence-corrected chi connectivity index (χ4v) is 2.43. The summed E-state index contributed by atoms with van der Waals surface area (Å²) in [6, 6.07) is 10.4. The van der Waals surface area contributed by atoms with Gasteiger partial charge in [0.15, 0.2) is 0 Å². The van der Waals surface area contributed by atoms with Crippen LogP contribution in [0.15, 0.2) is 30.3 Å². The molecule has 0 spiro atoms. The first-order valence-electron chi connectivity index (χ1n) is 7.88. The van der Waals surface area contributed by atoms with Crippen LogP contribution in [-0.4, -0.2) is 31.1 Å². The summed E-state index contributed by atoms with van der Waals surface area (Å²) in [7, 11) is 0.